The van der Waals surface area contributed by atoms with Crippen LogP contribution in [0.15, 0.2) is 121 Å². The molecule has 0 aromatic heterocycles. The molecule has 48 heavy (non-hydrogen) atoms. The summed E-state index contributed by atoms with van der Waals surface area (Å²) in [6.45, 7) is 1.20. The van der Waals surface area contributed by atoms with Gasteiger partial charge in [-0.25, -0.2) is 0 Å². The van der Waals surface area contributed by atoms with Crippen molar-refractivity contribution in [3.8, 4) is 0 Å². The van der Waals surface area contributed by atoms with Crippen molar-refractivity contribution >= 4 is 24.3 Å². The molecule has 2 heterocycles. The van der Waals surface area contributed by atoms with Crippen LogP contribution in [0.5, 0.6) is 0 Å². The van der Waals surface area contributed by atoms with Crippen LogP contribution in [0.4, 0.5) is 0 Å². The molecule has 2 saturated heterocycles. The average Bonchev–Trinajstić information content (AvgIpc) is 3.11. The maximum absolute atomic E-state index is 11.8. The first kappa shape index (κ1) is 34.9. The van der Waals surface area contributed by atoms with Gasteiger partial charge in [0.05, 0.1) is 0 Å². The SMILES string of the molecule is O=S(=O)(O)OC1COC(c2ccccc2)OC1C[Se+]1CC(OCc2ccccc2)C(OCc2ccccc2)C(OCc2ccccc2)C1. The van der Waals surface area contributed by atoms with Crippen molar-refractivity contribution in [2.75, 3.05) is 6.61 Å². The van der Waals surface area contributed by atoms with Crippen molar-refractivity contribution < 1.29 is 40.8 Å². The molecule has 11 heteroatoms. The minimum absolute atomic E-state index is 0.0480. The first-order chi connectivity index (χ1) is 23.4. The molecule has 4 aromatic carbocycles. The standard InChI is InChI=1S/C37H40O9SSe/c38-47(39,40)46-32-24-44-37(31-19-11-4-12-20-31)45-33(32)25-48-26-34(41-21-28-13-5-1-6-14-28)36(43-23-30-17-9-3-10-18-30)35(27-48)42-22-29-15-7-2-8-16-29/h1-20,32-37H,21-27H2/p+1. The molecule has 2 aliphatic rings. The van der Waals surface area contributed by atoms with Crippen LogP contribution in [0.2, 0.25) is 16.0 Å². The topological polar surface area (TPSA) is 110 Å². The summed E-state index contributed by atoms with van der Waals surface area (Å²) in [4.78, 5) is 0. The van der Waals surface area contributed by atoms with Crippen LogP contribution in [0.3, 0.4) is 0 Å². The van der Waals surface area contributed by atoms with Gasteiger partial charge in [0.2, 0.25) is 0 Å². The van der Waals surface area contributed by atoms with Gasteiger partial charge in [-0.1, -0.05) is 0 Å². The third kappa shape index (κ3) is 10.3. The van der Waals surface area contributed by atoms with Crippen LogP contribution in [0, 0.1) is 0 Å². The Balaban J connectivity index is 1.25. The second-order valence-corrected chi connectivity index (χ2v) is 17.6. The molecule has 0 radical (unpaired) electrons. The summed E-state index contributed by atoms with van der Waals surface area (Å²) in [6, 6.07) is 39.6. The van der Waals surface area contributed by atoms with Crippen LogP contribution in [0.25, 0.3) is 0 Å². The van der Waals surface area contributed by atoms with E-state index in [1.165, 1.54) is 0 Å². The first-order valence-electron chi connectivity index (χ1n) is 16.0. The zero-order chi connectivity index (χ0) is 33.2. The Morgan fingerprint density at radius 3 is 1.58 bits per heavy atom. The van der Waals surface area contributed by atoms with Gasteiger partial charge in [-0.15, -0.1) is 0 Å². The van der Waals surface area contributed by atoms with Crippen LogP contribution in [-0.4, -0.2) is 64.0 Å². The molecule has 2 aliphatic heterocycles. The second kappa shape index (κ2) is 17.1. The van der Waals surface area contributed by atoms with Crippen molar-refractivity contribution in [1.82, 2.24) is 0 Å². The Bertz CT molecular complexity index is 1580. The molecule has 2 fully saturated rings. The van der Waals surface area contributed by atoms with Gasteiger partial charge in [0.25, 0.3) is 0 Å². The summed E-state index contributed by atoms with van der Waals surface area (Å²) < 4.78 is 70.6. The predicted octanol–water partition coefficient (Wildman–Crippen LogP) is 6.55. The summed E-state index contributed by atoms with van der Waals surface area (Å²) >= 11 is -1.62. The van der Waals surface area contributed by atoms with E-state index < -0.39 is 42.8 Å². The molecule has 0 amide bonds. The fraction of sp³-hybridized carbons (Fsp3) is 0.351. The van der Waals surface area contributed by atoms with Gasteiger partial charge >= 0.3 is 288 Å². The average molecular weight is 741 g/mol. The van der Waals surface area contributed by atoms with E-state index in [1.807, 2.05) is 121 Å². The van der Waals surface area contributed by atoms with E-state index in [4.69, 9.17) is 27.9 Å². The fourth-order valence-corrected chi connectivity index (χ4v) is 12.0. The van der Waals surface area contributed by atoms with Crippen LogP contribution in [0.1, 0.15) is 28.5 Å². The van der Waals surface area contributed by atoms with E-state index in [2.05, 4.69) is 0 Å². The Morgan fingerprint density at radius 2 is 1.10 bits per heavy atom. The Morgan fingerprint density at radius 1 is 0.646 bits per heavy atom. The first-order valence-corrected chi connectivity index (χ1v) is 21.0. The van der Waals surface area contributed by atoms with E-state index in [0.717, 1.165) is 32.9 Å². The Labute approximate surface area is 286 Å². The van der Waals surface area contributed by atoms with Gasteiger partial charge in [-0.2, -0.15) is 0 Å². The van der Waals surface area contributed by atoms with Gasteiger partial charge in [0.1, 0.15) is 0 Å². The number of rotatable bonds is 14. The third-order valence-corrected chi connectivity index (χ3v) is 13.8. The van der Waals surface area contributed by atoms with Gasteiger partial charge in [0.15, 0.2) is 0 Å². The summed E-state index contributed by atoms with van der Waals surface area (Å²) in [5.74, 6) is 0. The molecule has 9 nitrogen and oxygen atoms in total. The van der Waals surface area contributed by atoms with Gasteiger partial charge in [0, 0.05) is 0 Å². The molecular formula is C37H41O9SSe+. The number of hydrogen-bond donors (Lipinski definition) is 1. The normalized spacial score (nSPS) is 26.2. The van der Waals surface area contributed by atoms with Gasteiger partial charge in [-0.05, 0) is 0 Å². The van der Waals surface area contributed by atoms with E-state index in [0.29, 0.717) is 25.1 Å². The van der Waals surface area contributed by atoms with Crippen molar-refractivity contribution in [2.24, 2.45) is 0 Å². The van der Waals surface area contributed by atoms with Crippen LogP contribution >= 0.6 is 0 Å². The van der Waals surface area contributed by atoms with Crippen molar-refractivity contribution in [3.05, 3.63) is 144 Å². The van der Waals surface area contributed by atoms with Crippen molar-refractivity contribution in [3.63, 3.8) is 0 Å². The number of benzene rings is 4. The Hall–Kier alpha value is -2.93. The molecule has 0 bridgehead atoms. The molecule has 4 aromatic rings. The summed E-state index contributed by atoms with van der Waals surface area (Å²) in [5, 5.41) is 2.04. The molecule has 6 rings (SSSR count). The fourth-order valence-electron chi connectivity index (χ4n) is 5.91. The second-order valence-electron chi connectivity index (χ2n) is 11.9. The molecular weight excluding hydrogens is 699 g/mol. The maximum atomic E-state index is 11.8. The minimum atomic E-state index is -4.74. The summed E-state index contributed by atoms with van der Waals surface area (Å²) in [5.41, 5.74) is 4.00. The van der Waals surface area contributed by atoms with Gasteiger partial charge < -0.3 is 0 Å². The molecule has 5 unspecified atom stereocenters. The third-order valence-electron chi connectivity index (χ3n) is 8.27. The van der Waals surface area contributed by atoms with Crippen molar-refractivity contribution in [2.45, 2.75) is 72.6 Å². The summed E-state index contributed by atoms with van der Waals surface area (Å²) in [6.07, 6.45) is -3.22. The number of ether oxygens (including phenoxy) is 5. The molecule has 5 atom stereocenters. The molecule has 0 saturated carbocycles. The molecule has 0 spiro atoms. The van der Waals surface area contributed by atoms with E-state index in [9.17, 15) is 13.0 Å². The monoisotopic (exact) mass is 741 g/mol. The number of hydrogen-bond acceptors (Lipinski definition) is 8. The predicted molar refractivity (Wildman–Crippen MR) is 182 cm³/mol. The zero-order valence-corrected chi connectivity index (χ0v) is 29.0. The quantitative estimate of drug-likeness (QED) is 0.114. The summed E-state index contributed by atoms with van der Waals surface area (Å²) in [7, 11) is -4.74. The van der Waals surface area contributed by atoms with E-state index >= 15 is 0 Å². The van der Waals surface area contributed by atoms with Crippen LogP contribution < -0.4 is 0 Å². The van der Waals surface area contributed by atoms with Crippen LogP contribution in [-0.2, 0) is 58.1 Å². The van der Waals surface area contributed by atoms with Crippen molar-refractivity contribution in [1.29, 1.82) is 0 Å². The van der Waals surface area contributed by atoms with Gasteiger partial charge in [-0.3, -0.25) is 0 Å². The molecule has 0 aliphatic carbocycles. The Kier molecular flexibility index (Phi) is 12.5. The zero-order valence-electron chi connectivity index (χ0n) is 26.5. The molecule has 1 N–H and O–H groups in total. The molecule has 254 valence electrons. The van der Waals surface area contributed by atoms with E-state index in [1.54, 1.807) is 0 Å². The van der Waals surface area contributed by atoms with E-state index in [-0.39, 0.29) is 24.9 Å².